The van der Waals surface area contributed by atoms with Gasteiger partial charge in [-0.1, -0.05) is 48.5 Å². The quantitative estimate of drug-likeness (QED) is 0.487. The van der Waals surface area contributed by atoms with Gasteiger partial charge in [-0.2, -0.15) is 0 Å². The number of para-hydroxylation sites is 1. The number of ether oxygens (including phenoxy) is 1. The van der Waals surface area contributed by atoms with Gasteiger partial charge in [-0.05, 0) is 44.6 Å². The summed E-state index contributed by atoms with van der Waals surface area (Å²) in [6.07, 6.45) is 0. The number of fused-ring (bicyclic) bond motifs is 2. The van der Waals surface area contributed by atoms with E-state index in [4.69, 9.17) is 26.0 Å². The van der Waals surface area contributed by atoms with Crippen molar-refractivity contribution in [2.45, 2.75) is 38.2 Å². The van der Waals surface area contributed by atoms with Crippen LogP contribution in [0.5, 0.6) is 0 Å². The van der Waals surface area contributed by atoms with Crippen molar-refractivity contribution in [1.82, 2.24) is 5.32 Å². The van der Waals surface area contributed by atoms with E-state index in [0.717, 1.165) is 5.56 Å². The van der Waals surface area contributed by atoms with Gasteiger partial charge in [0.2, 0.25) is 5.34 Å². The van der Waals surface area contributed by atoms with Crippen molar-refractivity contribution in [2.24, 2.45) is 0 Å². The van der Waals surface area contributed by atoms with Crippen LogP contribution in [0.3, 0.4) is 0 Å². The number of thiocarbonyl (C=S) groups is 1. The normalized spacial score (nSPS) is 24.9. The minimum absolute atomic E-state index is 0.0214. The van der Waals surface area contributed by atoms with Gasteiger partial charge in [0.15, 0.2) is 5.54 Å². The Morgan fingerprint density at radius 1 is 1.06 bits per heavy atom. The average Bonchev–Trinajstić information content (AvgIpc) is 3.17. The second kappa shape index (κ2) is 8.02. The number of anilines is 1. The van der Waals surface area contributed by atoms with E-state index in [9.17, 15) is 9.36 Å². The second-order valence-corrected chi connectivity index (χ2v) is 10.2. The molecule has 2 aromatic rings. The van der Waals surface area contributed by atoms with Crippen molar-refractivity contribution < 1.29 is 23.1 Å². The topological polar surface area (TPSA) is 77.1 Å². The molecule has 9 heteroatoms. The van der Waals surface area contributed by atoms with Crippen LogP contribution in [0.2, 0.25) is 0 Å². The molecule has 31 heavy (non-hydrogen) atoms. The Morgan fingerprint density at radius 2 is 1.68 bits per heavy atom. The highest BCUT2D eigenvalue weighted by atomic mass is 32.1. The number of rotatable bonds is 7. The maximum absolute atomic E-state index is 14.1. The fourth-order valence-corrected chi connectivity index (χ4v) is 6.90. The molecule has 2 heterocycles. The summed E-state index contributed by atoms with van der Waals surface area (Å²) in [6, 6.07) is 17.0. The molecule has 1 amide bonds. The lowest BCUT2D eigenvalue weighted by atomic mass is 9.86. The van der Waals surface area contributed by atoms with E-state index < -0.39 is 18.5 Å². The van der Waals surface area contributed by atoms with Crippen molar-refractivity contribution in [3.8, 4) is 0 Å². The van der Waals surface area contributed by atoms with Crippen molar-refractivity contribution in [1.29, 1.82) is 0 Å². The Bertz CT molecular complexity index is 1050. The van der Waals surface area contributed by atoms with Crippen molar-refractivity contribution in [3.63, 3.8) is 0 Å². The number of amides is 1. The third-order valence-electron chi connectivity index (χ3n) is 5.75. The molecule has 4 rings (SSSR count). The van der Waals surface area contributed by atoms with E-state index in [2.05, 4.69) is 5.32 Å². The molecule has 1 N–H and O–H groups in total. The van der Waals surface area contributed by atoms with Gasteiger partial charge in [-0.25, -0.2) is 0 Å². The number of carbonyl (C=O) groups is 1. The maximum Gasteiger partial charge on any atom is 0.377 e. The van der Waals surface area contributed by atoms with Crippen LogP contribution in [0.1, 0.15) is 31.9 Å². The first-order valence-electron chi connectivity index (χ1n) is 10.2. The molecule has 1 spiro atoms. The average molecular weight is 460 g/mol. The molecule has 0 unspecified atom stereocenters. The molecule has 0 saturated carbocycles. The van der Waals surface area contributed by atoms with E-state index in [-0.39, 0.29) is 24.3 Å². The Balaban J connectivity index is 1.90. The fourth-order valence-electron chi connectivity index (χ4n) is 4.38. The van der Waals surface area contributed by atoms with Gasteiger partial charge >= 0.3 is 7.60 Å². The summed E-state index contributed by atoms with van der Waals surface area (Å²) in [7, 11) is -3.95. The van der Waals surface area contributed by atoms with E-state index >= 15 is 0 Å². The maximum atomic E-state index is 14.1. The second-order valence-electron chi connectivity index (χ2n) is 7.47. The summed E-state index contributed by atoms with van der Waals surface area (Å²) in [6.45, 7) is 5.61. The summed E-state index contributed by atoms with van der Waals surface area (Å²) in [5.74, 6) is -0.320. The molecule has 2 aromatic carbocycles. The van der Waals surface area contributed by atoms with E-state index in [1.165, 1.54) is 0 Å². The molecule has 2 aliphatic heterocycles. The van der Waals surface area contributed by atoms with E-state index in [1.807, 2.05) is 54.6 Å². The number of carbonyl (C=O) groups excluding carboxylic acids is 1. The SMILES string of the molecule is CCOP(=O)(OCC)[C@]1(C)OC(=S)N[C@@]12C(=O)N(Cc1ccccc1)c1ccccc12. The largest absolute Gasteiger partial charge is 0.448 e. The molecule has 7 nitrogen and oxygen atoms in total. The zero-order valence-corrected chi connectivity index (χ0v) is 19.4. The number of nitrogens with zero attached hydrogens (tertiary/aromatic N) is 1. The third kappa shape index (κ3) is 3.12. The Labute approximate surface area is 187 Å². The van der Waals surface area contributed by atoms with Crippen LogP contribution < -0.4 is 10.2 Å². The van der Waals surface area contributed by atoms with E-state index in [1.54, 1.807) is 25.7 Å². The van der Waals surface area contributed by atoms with E-state index in [0.29, 0.717) is 17.8 Å². The van der Waals surface area contributed by atoms with Crippen LogP contribution in [0.25, 0.3) is 0 Å². The molecule has 0 bridgehead atoms. The molecule has 0 radical (unpaired) electrons. The van der Waals surface area contributed by atoms with Crippen LogP contribution in [-0.4, -0.2) is 29.6 Å². The minimum Gasteiger partial charge on any atom is -0.448 e. The van der Waals surface area contributed by atoms with Crippen LogP contribution in [0, 0.1) is 0 Å². The zero-order valence-electron chi connectivity index (χ0n) is 17.7. The predicted octanol–water partition coefficient (Wildman–Crippen LogP) is 4.32. The Kier molecular flexibility index (Phi) is 5.68. The highest BCUT2D eigenvalue weighted by Gasteiger charge is 2.75. The molecule has 2 aliphatic rings. The molecule has 1 fully saturated rings. The molecule has 0 aliphatic carbocycles. The molecular weight excluding hydrogens is 435 g/mol. The van der Waals surface area contributed by atoms with Crippen molar-refractivity contribution >= 4 is 36.6 Å². The first-order valence-corrected chi connectivity index (χ1v) is 12.1. The lowest BCUT2D eigenvalue weighted by Crippen LogP contribution is -2.59. The summed E-state index contributed by atoms with van der Waals surface area (Å²) in [5.41, 5.74) is 0.736. The van der Waals surface area contributed by atoms with Crippen LogP contribution in [0.15, 0.2) is 54.6 Å². The van der Waals surface area contributed by atoms with Gasteiger partial charge < -0.3 is 24.0 Å². The molecule has 164 valence electrons. The third-order valence-corrected chi connectivity index (χ3v) is 8.60. The smallest absolute Gasteiger partial charge is 0.377 e. The van der Waals surface area contributed by atoms with Gasteiger partial charge in [-0.3, -0.25) is 9.36 Å². The molecular formula is C22H25N2O5PS. The van der Waals surface area contributed by atoms with Crippen LogP contribution in [-0.2, 0) is 35.2 Å². The number of nitrogens with one attached hydrogen (secondary N) is 1. The van der Waals surface area contributed by atoms with Crippen molar-refractivity contribution in [3.05, 3.63) is 65.7 Å². The number of hydrogen-bond acceptors (Lipinski definition) is 6. The Morgan fingerprint density at radius 3 is 2.32 bits per heavy atom. The van der Waals surface area contributed by atoms with Crippen LogP contribution >= 0.6 is 19.8 Å². The van der Waals surface area contributed by atoms with Crippen molar-refractivity contribution in [2.75, 3.05) is 18.1 Å². The minimum atomic E-state index is -3.95. The molecule has 1 saturated heterocycles. The monoisotopic (exact) mass is 460 g/mol. The number of benzene rings is 2. The first kappa shape index (κ1) is 22.0. The first-order chi connectivity index (χ1) is 14.8. The lowest BCUT2D eigenvalue weighted by molar-refractivity contribution is -0.127. The Hall–Kier alpha value is -2.25. The van der Waals surface area contributed by atoms with Crippen LogP contribution in [0.4, 0.5) is 5.69 Å². The highest BCUT2D eigenvalue weighted by molar-refractivity contribution is 7.80. The molecule has 2 atom stereocenters. The summed E-state index contributed by atoms with van der Waals surface area (Å²) in [4.78, 5) is 15.8. The summed E-state index contributed by atoms with van der Waals surface area (Å²) >= 11 is 5.33. The van der Waals surface area contributed by atoms with Gasteiger partial charge in [0.05, 0.1) is 25.4 Å². The predicted molar refractivity (Wildman–Crippen MR) is 122 cm³/mol. The molecule has 0 aromatic heterocycles. The number of hydrogen-bond donors (Lipinski definition) is 1. The lowest BCUT2D eigenvalue weighted by Gasteiger charge is -2.40. The summed E-state index contributed by atoms with van der Waals surface area (Å²) < 4.78 is 31.3. The standard InChI is InChI=1S/C22H25N2O5PS/c1-4-27-30(26,28-5-2)21(3)22(23-20(31)29-21)17-13-9-10-14-18(17)24(19(22)25)15-16-11-7-6-8-12-16/h6-14H,4-5,15H2,1-3H3,(H,23,31)/t21-,22-/m0/s1. The summed E-state index contributed by atoms with van der Waals surface area (Å²) in [5, 5.41) is 1.34. The van der Waals surface area contributed by atoms with Gasteiger partial charge in [0.25, 0.3) is 11.1 Å². The highest BCUT2D eigenvalue weighted by Crippen LogP contribution is 2.70. The van der Waals surface area contributed by atoms with Gasteiger partial charge in [0.1, 0.15) is 0 Å². The van der Waals surface area contributed by atoms with Gasteiger partial charge in [0, 0.05) is 5.56 Å². The van der Waals surface area contributed by atoms with Gasteiger partial charge in [-0.15, -0.1) is 0 Å². The fraction of sp³-hybridized carbons (Fsp3) is 0.364. The zero-order chi connectivity index (χ0) is 22.3.